The highest BCUT2D eigenvalue weighted by atomic mass is 16.1. The van der Waals surface area contributed by atoms with Crippen LogP contribution in [0.2, 0.25) is 0 Å². The first-order chi connectivity index (χ1) is 8.25. The number of nitrogens with zero attached hydrogens (tertiary/aromatic N) is 1. The van der Waals surface area contributed by atoms with Crippen molar-refractivity contribution < 1.29 is 4.79 Å². The summed E-state index contributed by atoms with van der Waals surface area (Å²) in [7, 11) is 0. The topological polar surface area (TPSA) is 46.3 Å². The molecule has 17 heavy (non-hydrogen) atoms. The minimum Gasteiger partial charge on any atom is -0.366 e. The molecule has 1 amide bonds. The summed E-state index contributed by atoms with van der Waals surface area (Å²) in [6, 6.07) is 7.84. The van der Waals surface area contributed by atoms with Crippen LogP contribution in [0.5, 0.6) is 0 Å². The molecule has 2 bridgehead atoms. The molecule has 1 atom stereocenters. The van der Waals surface area contributed by atoms with Gasteiger partial charge in [0.25, 0.3) is 0 Å². The van der Waals surface area contributed by atoms with Crippen LogP contribution in [0.25, 0.3) is 0 Å². The molecular weight excluding hydrogens is 212 g/mol. The number of amides is 1. The predicted molar refractivity (Wildman–Crippen MR) is 66.9 cm³/mol. The smallest absolute Gasteiger partial charge is 0.248 e. The summed E-state index contributed by atoms with van der Waals surface area (Å²) in [5.74, 6) is 0.943. The molecule has 90 valence electrons. The molecule has 0 unspecified atom stereocenters. The fourth-order valence-corrected chi connectivity index (χ4v) is 3.36. The van der Waals surface area contributed by atoms with Crippen LogP contribution >= 0.6 is 0 Å². The number of hydrogen-bond donors (Lipinski definition) is 1. The van der Waals surface area contributed by atoms with Gasteiger partial charge in [-0.15, -0.1) is 0 Å². The van der Waals surface area contributed by atoms with Gasteiger partial charge in [-0.2, -0.15) is 0 Å². The van der Waals surface area contributed by atoms with E-state index in [1.165, 1.54) is 25.9 Å². The van der Waals surface area contributed by atoms with Gasteiger partial charge in [0.1, 0.15) is 0 Å². The van der Waals surface area contributed by atoms with Crippen LogP contribution in [-0.4, -0.2) is 30.4 Å². The van der Waals surface area contributed by atoms with Crippen molar-refractivity contribution in [3.8, 4) is 0 Å². The van der Waals surface area contributed by atoms with E-state index in [4.69, 9.17) is 5.73 Å². The lowest BCUT2D eigenvalue weighted by molar-refractivity contribution is 0.0856. The maximum absolute atomic E-state index is 11.5. The number of rotatable bonds is 2. The van der Waals surface area contributed by atoms with Gasteiger partial charge >= 0.3 is 0 Å². The van der Waals surface area contributed by atoms with E-state index in [-0.39, 0.29) is 5.91 Å². The van der Waals surface area contributed by atoms with Crippen molar-refractivity contribution >= 4 is 5.91 Å². The molecule has 1 aromatic rings. The highest BCUT2D eigenvalue weighted by Gasteiger charge is 2.36. The van der Waals surface area contributed by atoms with Gasteiger partial charge in [0, 0.05) is 18.0 Å². The van der Waals surface area contributed by atoms with Crippen LogP contribution in [0, 0.1) is 5.92 Å². The molecule has 4 rings (SSSR count). The molecule has 3 heterocycles. The zero-order valence-corrected chi connectivity index (χ0v) is 9.93. The first-order valence-corrected chi connectivity index (χ1v) is 6.37. The molecule has 3 aliphatic rings. The van der Waals surface area contributed by atoms with Crippen LogP contribution in [0.1, 0.15) is 34.7 Å². The molecule has 0 saturated carbocycles. The summed E-state index contributed by atoms with van der Waals surface area (Å²) in [5, 5.41) is 0. The third-order valence-corrected chi connectivity index (χ3v) is 4.28. The fraction of sp³-hybridized carbons (Fsp3) is 0.500. The van der Waals surface area contributed by atoms with E-state index in [0.29, 0.717) is 11.5 Å². The number of primary amides is 1. The number of hydrogen-bond acceptors (Lipinski definition) is 2. The van der Waals surface area contributed by atoms with Crippen LogP contribution < -0.4 is 5.73 Å². The predicted octanol–water partition coefficient (Wildman–Crippen LogP) is 1.59. The van der Waals surface area contributed by atoms with Crippen LogP contribution in [-0.2, 0) is 0 Å². The molecule has 0 aliphatic carbocycles. The summed E-state index contributed by atoms with van der Waals surface area (Å²) >= 11 is 0. The second kappa shape index (κ2) is 4.15. The van der Waals surface area contributed by atoms with Crippen molar-refractivity contribution in [1.29, 1.82) is 0 Å². The number of piperidine rings is 3. The SMILES string of the molecule is NC(=O)c1ccccc1[C@@H]1CN2CCC1CC2. The van der Waals surface area contributed by atoms with Crippen molar-refractivity contribution in [3.05, 3.63) is 35.4 Å². The number of carbonyl (C=O) groups is 1. The van der Waals surface area contributed by atoms with E-state index in [1.54, 1.807) is 0 Å². The summed E-state index contributed by atoms with van der Waals surface area (Å²) in [5.41, 5.74) is 7.34. The molecule has 1 aromatic carbocycles. The minimum atomic E-state index is -0.294. The van der Waals surface area contributed by atoms with E-state index < -0.39 is 0 Å². The van der Waals surface area contributed by atoms with Crippen molar-refractivity contribution in [2.75, 3.05) is 19.6 Å². The Morgan fingerprint density at radius 2 is 1.94 bits per heavy atom. The molecule has 3 saturated heterocycles. The lowest BCUT2D eigenvalue weighted by atomic mass is 9.74. The third-order valence-electron chi connectivity index (χ3n) is 4.28. The van der Waals surface area contributed by atoms with E-state index in [2.05, 4.69) is 11.0 Å². The Balaban J connectivity index is 1.96. The first kappa shape index (κ1) is 10.8. The van der Waals surface area contributed by atoms with Gasteiger partial charge in [-0.3, -0.25) is 4.79 Å². The Kier molecular flexibility index (Phi) is 2.63. The second-order valence-corrected chi connectivity index (χ2v) is 5.20. The molecule has 2 N–H and O–H groups in total. The number of benzene rings is 1. The van der Waals surface area contributed by atoms with E-state index >= 15 is 0 Å². The number of nitrogens with two attached hydrogens (primary N) is 1. The Hall–Kier alpha value is -1.35. The van der Waals surface area contributed by atoms with Crippen molar-refractivity contribution in [1.82, 2.24) is 4.90 Å². The third kappa shape index (κ3) is 1.84. The van der Waals surface area contributed by atoms with Gasteiger partial charge in [0.15, 0.2) is 0 Å². The van der Waals surface area contributed by atoms with Crippen LogP contribution in [0.15, 0.2) is 24.3 Å². The quantitative estimate of drug-likeness (QED) is 0.838. The highest BCUT2D eigenvalue weighted by molar-refractivity contribution is 5.94. The van der Waals surface area contributed by atoms with Gasteiger partial charge in [0.05, 0.1) is 0 Å². The number of carbonyl (C=O) groups excluding carboxylic acids is 1. The zero-order valence-electron chi connectivity index (χ0n) is 9.93. The normalized spacial score (nSPS) is 31.4. The molecule has 3 nitrogen and oxygen atoms in total. The van der Waals surface area contributed by atoms with Gasteiger partial charge < -0.3 is 10.6 Å². The summed E-state index contributed by atoms with van der Waals surface area (Å²) in [4.78, 5) is 14.0. The average molecular weight is 230 g/mol. The summed E-state index contributed by atoms with van der Waals surface area (Å²) < 4.78 is 0. The van der Waals surface area contributed by atoms with Gasteiger partial charge in [-0.05, 0) is 43.5 Å². The monoisotopic (exact) mass is 230 g/mol. The summed E-state index contributed by atoms with van der Waals surface area (Å²) in [6.45, 7) is 3.54. The first-order valence-electron chi connectivity index (χ1n) is 6.37. The van der Waals surface area contributed by atoms with Crippen molar-refractivity contribution in [3.63, 3.8) is 0 Å². The highest BCUT2D eigenvalue weighted by Crippen LogP contribution is 2.39. The maximum atomic E-state index is 11.5. The van der Waals surface area contributed by atoms with Crippen molar-refractivity contribution in [2.24, 2.45) is 11.7 Å². The van der Waals surface area contributed by atoms with Crippen LogP contribution in [0.4, 0.5) is 0 Å². The molecule has 0 spiro atoms. The Bertz CT molecular complexity index is 436. The molecule has 3 fully saturated rings. The van der Waals surface area contributed by atoms with E-state index in [0.717, 1.165) is 18.0 Å². The number of fused-ring (bicyclic) bond motifs is 3. The molecular formula is C14H18N2O. The standard InChI is InChI=1S/C14H18N2O/c15-14(17)12-4-2-1-3-11(12)13-9-16-7-5-10(13)6-8-16/h1-4,10,13H,5-9H2,(H2,15,17)/t13-/m1/s1. The van der Waals surface area contributed by atoms with Gasteiger partial charge in [-0.25, -0.2) is 0 Å². The van der Waals surface area contributed by atoms with Crippen molar-refractivity contribution in [2.45, 2.75) is 18.8 Å². The minimum absolute atomic E-state index is 0.294. The Morgan fingerprint density at radius 3 is 2.53 bits per heavy atom. The fourth-order valence-electron chi connectivity index (χ4n) is 3.36. The lowest BCUT2D eigenvalue weighted by Gasteiger charge is -2.45. The second-order valence-electron chi connectivity index (χ2n) is 5.20. The molecule has 3 aliphatic heterocycles. The average Bonchev–Trinajstić information content (AvgIpc) is 2.40. The van der Waals surface area contributed by atoms with Crippen LogP contribution in [0.3, 0.4) is 0 Å². The Labute approximate surface area is 102 Å². The molecule has 0 radical (unpaired) electrons. The van der Waals surface area contributed by atoms with E-state index in [1.807, 2.05) is 18.2 Å². The Morgan fingerprint density at radius 1 is 1.24 bits per heavy atom. The molecule has 0 aromatic heterocycles. The molecule has 3 heteroatoms. The van der Waals surface area contributed by atoms with E-state index in [9.17, 15) is 4.79 Å². The van der Waals surface area contributed by atoms with Gasteiger partial charge in [0.2, 0.25) is 5.91 Å². The maximum Gasteiger partial charge on any atom is 0.248 e. The largest absolute Gasteiger partial charge is 0.366 e. The lowest BCUT2D eigenvalue weighted by Crippen LogP contribution is -2.46. The summed E-state index contributed by atoms with van der Waals surface area (Å²) in [6.07, 6.45) is 2.52. The van der Waals surface area contributed by atoms with Gasteiger partial charge in [-0.1, -0.05) is 18.2 Å². The zero-order chi connectivity index (χ0) is 11.8.